The molecule has 1 aromatic rings. The highest BCUT2D eigenvalue weighted by Gasteiger charge is 2.22. The van der Waals surface area contributed by atoms with E-state index in [2.05, 4.69) is 22.5 Å². The molecule has 1 aliphatic rings. The molecule has 2 N–H and O–H groups in total. The number of thiocarbonyl (C=S) groups is 1. The number of anilines is 1. The van der Waals surface area contributed by atoms with E-state index in [0.717, 1.165) is 13.1 Å². The zero-order chi connectivity index (χ0) is 14.5. The van der Waals surface area contributed by atoms with Gasteiger partial charge in [0.25, 0.3) is 0 Å². The van der Waals surface area contributed by atoms with E-state index in [1.54, 1.807) is 13.0 Å². The van der Waals surface area contributed by atoms with E-state index >= 15 is 0 Å². The molecule has 1 heterocycles. The maximum atomic E-state index is 13.4. The third kappa shape index (κ3) is 3.90. The largest absolute Gasteiger partial charge is 0.361 e. The van der Waals surface area contributed by atoms with Crippen LogP contribution in [0.25, 0.3) is 0 Å². The van der Waals surface area contributed by atoms with Crippen LogP contribution in [0.15, 0.2) is 18.2 Å². The average molecular weight is 295 g/mol. The Kier molecular flexibility index (Phi) is 5.31. The Morgan fingerprint density at radius 2 is 2.30 bits per heavy atom. The molecule has 1 saturated heterocycles. The molecular weight excluding hydrogens is 273 g/mol. The van der Waals surface area contributed by atoms with E-state index in [0.29, 0.717) is 22.4 Å². The molecular formula is C15H22FN3S. The van der Waals surface area contributed by atoms with E-state index in [1.807, 2.05) is 6.07 Å². The number of likely N-dealkylation sites (N-methyl/N-ethyl adjacent to an activating group) is 1. The minimum atomic E-state index is -0.217. The number of nitrogens with one attached hydrogen (secondary N) is 2. The van der Waals surface area contributed by atoms with E-state index in [4.69, 9.17) is 12.2 Å². The smallest absolute Gasteiger partial charge is 0.170 e. The molecule has 1 atom stereocenters. The van der Waals surface area contributed by atoms with Crippen LogP contribution in [-0.2, 0) is 0 Å². The van der Waals surface area contributed by atoms with Crippen molar-refractivity contribution < 1.29 is 4.39 Å². The lowest BCUT2D eigenvalue weighted by atomic mass is 10.2. The predicted octanol–water partition coefficient (Wildman–Crippen LogP) is 2.90. The van der Waals surface area contributed by atoms with Crippen LogP contribution < -0.4 is 10.6 Å². The van der Waals surface area contributed by atoms with Crippen molar-refractivity contribution in [2.75, 3.05) is 25.0 Å². The highest BCUT2D eigenvalue weighted by atomic mass is 32.1. The van der Waals surface area contributed by atoms with Crippen molar-refractivity contribution >= 4 is 23.0 Å². The second-order valence-electron chi connectivity index (χ2n) is 5.22. The molecule has 3 nitrogen and oxygen atoms in total. The first kappa shape index (κ1) is 15.2. The van der Waals surface area contributed by atoms with Gasteiger partial charge in [0, 0.05) is 18.3 Å². The molecule has 20 heavy (non-hydrogen) atoms. The Labute approximate surface area is 125 Å². The summed E-state index contributed by atoms with van der Waals surface area (Å²) < 4.78 is 13.4. The molecule has 0 radical (unpaired) electrons. The van der Waals surface area contributed by atoms with E-state index in [9.17, 15) is 4.39 Å². The molecule has 1 aromatic carbocycles. The number of hydrogen-bond acceptors (Lipinski definition) is 2. The maximum Gasteiger partial charge on any atom is 0.170 e. The number of halogens is 1. The molecule has 0 aromatic heterocycles. The summed E-state index contributed by atoms with van der Waals surface area (Å²) in [5, 5.41) is 6.81. The quantitative estimate of drug-likeness (QED) is 0.835. The first-order valence-electron chi connectivity index (χ1n) is 7.15. The second-order valence-corrected chi connectivity index (χ2v) is 5.63. The third-order valence-electron chi connectivity index (χ3n) is 3.83. The van der Waals surface area contributed by atoms with Crippen molar-refractivity contribution in [2.24, 2.45) is 0 Å². The monoisotopic (exact) mass is 295 g/mol. The van der Waals surface area contributed by atoms with Gasteiger partial charge in [0.15, 0.2) is 5.11 Å². The second kappa shape index (κ2) is 6.99. The Balaban J connectivity index is 1.81. The summed E-state index contributed by atoms with van der Waals surface area (Å²) >= 11 is 5.26. The van der Waals surface area contributed by atoms with Gasteiger partial charge in [-0.3, -0.25) is 4.90 Å². The molecule has 2 rings (SSSR count). The van der Waals surface area contributed by atoms with E-state index < -0.39 is 0 Å². The summed E-state index contributed by atoms with van der Waals surface area (Å²) in [5.41, 5.74) is 1.32. The average Bonchev–Trinajstić information content (AvgIpc) is 2.88. The van der Waals surface area contributed by atoms with Gasteiger partial charge in [-0.15, -0.1) is 0 Å². The number of benzene rings is 1. The Bertz CT molecular complexity index is 478. The van der Waals surface area contributed by atoms with Crippen LogP contribution in [0, 0.1) is 12.7 Å². The molecule has 0 aliphatic carbocycles. The first-order valence-corrected chi connectivity index (χ1v) is 7.56. The summed E-state index contributed by atoms with van der Waals surface area (Å²) in [4.78, 5) is 2.46. The minimum Gasteiger partial charge on any atom is -0.361 e. The molecule has 0 bridgehead atoms. The van der Waals surface area contributed by atoms with E-state index in [-0.39, 0.29) is 5.82 Å². The van der Waals surface area contributed by atoms with Gasteiger partial charge < -0.3 is 10.6 Å². The normalized spacial score (nSPS) is 19.1. The molecule has 1 unspecified atom stereocenters. The zero-order valence-corrected chi connectivity index (χ0v) is 12.9. The number of likely N-dealkylation sites (tertiary alicyclic amines) is 1. The van der Waals surface area contributed by atoms with Gasteiger partial charge in [-0.1, -0.05) is 13.0 Å². The van der Waals surface area contributed by atoms with Crippen molar-refractivity contribution in [1.82, 2.24) is 10.2 Å². The summed E-state index contributed by atoms with van der Waals surface area (Å²) in [6, 6.07) is 5.60. The molecule has 5 heteroatoms. The minimum absolute atomic E-state index is 0.217. The van der Waals surface area contributed by atoms with Crippen LogP contribution in [0.4, 0.5) is 10.1 Å². The van der Waals surface area contributed by atoms with Gasteiger partial charge in [-0.05, 0) is 62.8 Å². The van der Waals surface area contributed by atoms with Crippen molar-refractivity contribution in [2.45, 2.75) is 32.7 Å². The highest BCUT2D eigenvalue weighted by molar-refractivity contribution is 7.80. The molecule has 110 valence electrons. The van der Waals surface area contributed by atoms with Crippen molar-refractivity contribution in [3.63, 3.8) is 0 Å². The van der Waals surface area contributed by atoms with Gasteiger partial charge in [-0.25, -0.2) is 4.39 Å². The molecule has 1 fully saturated rings. The Morgan fingerprint density at radius 3 is 3.00 bits per heavy atom. The van der Waals surface area contributed by atoms with Gasteiger partial charge in [-0.2, -0.15) is 0 Å². The number of rotatable bonds is 4. The standard InChI is InChI=1S/C15H22FN3S/c1-3-19-8-4-5-13(19)10-17-15(20)18-12-7-6-11(2)14(16)9-12/h6-7,9,13H,3-5,8,10H2,1-2H3,(H2,17,18,20). The lowest BCUT2D eigenvalue weighted by molar-refractivity contribution is 0.267. The number of hydrogen-bond donors (Lipinski definition) is 2. The fourth-order valence-electron chi connectivity index (χ4n) is 2.60. The maximum absolute atomic E-state index is 13.4. The van der Waals surface area contributed by atoms with Crippen LogP contribution in [0.1, 0.15) is 25.3 Å². The summed E-state index contributed by atoms with van der Waals surface area (Å²) in [6.07, 6.45) is 2.46. The van der Waals surface area contributed by atoms with Crippen molar-refractivity contribution in [1.29, 1.82) is 0 Å². The lowest BCUT2D eigenvalue weighted by Crippen LogP contribution is -2.41. The summed E-state index contributed by atoms with van der Waals surface area (Å²) in [6.45, 7) is 7.02. The van der Waals surface area contributed by atoms with Crippen LogP contribution in [0.5, 0.6) is 0 Å². The highest BCUT2D eigenvalue weighted by Crippen LogP contribution is 2.16. The fraction of sp³-hybridized carbons (Fsp3) is 0.533. The Morgan fingerprint density at radius 1 is 1.50 bits per heavy atom. The summed E-state index contributed by atoms with van der Waals surface area (Å²) in [5.74, 6) is -0.217. The number of aryl methyl sites for hydroxylation is 1. The van der Waals surface area contributed by atoms with Gasteiger partial charge in [0.05, 0.1) is 0 Å². The van der Waals surface area contributed by atoms with Crippen molar-refractivity contribution in [3.05, 3.63) is 29.6 Å². The Hall–Kier alpha value is -1.20. The molecule has 0 amide bonds. The summed E-state index contributed by atoms with van der Waals surface area (Å²) in [7, 11) is 0. The van der Waals surface area contributed by atoms with Crippen LogP contribution in [-0.4, -0.2) is 35.7 Å². The van der Waals surface area contributed by atoms with Crippen molar-refractivity contribution in [3.8, 4) is 0 Å². The number of nitrogens with zero attached hydrogens (tertiary/aromatic N) is 1. The molecule has 0 spiro atoms. The van der Waals surface area contributed by atoms with Gasteiger partial charge >= 0.3 is 0 Å². The third-order valence-corrected chi connectivity index (χ3v) is 4.08. The lowest BCUT2D eigenvalue weighted by Gasteiger charge is -2.23. The topological polar surface area (TPSA) is 27.3 Å². The first-order chi connectivity index (χ1) is 9.60. The molecule has 1 aliphatic heterocycles. The molecule has 0 saturated carbocycles. The SMILES string of the molecule is CCN1CCCC1CNC(=S)Nc1ccc(C)c(F)c1. The van der Waals surface area contributed by atoms with Crippen LogP contribution in [0.2, 0.25) is 0 Å². The van der Waals surface area contributed by atoms with Gasteiger partial charge in [0.1, 0.15) is 5.82 Å². The fourth-order valence-corrected chi connectivity index (χ4v) is 2.80. The van der Waals surface area contributed by atoms with Crippen LogP contribution in [0.3, 0.4) is 0 Å². The van der Waals surface area contributed by atoms with Crippen LogP contribution >= 0.6 is 12.2 Å². The van der Waals surface area contributed by atoms with E-state index in [1.165, 1.54) is 25.5 Å². The zero-order valence-electron chi connectivity index (χ0n) is 12.1. The predicted molar refractivity (Wildman–Crippen MR) is 85.6 cm³/mol. The van der Waals surface area contributed by atoms with Gasteiger partial charge in [0.2, 0.25) is 0 Å².